The number of anilines is 1. The lowest BCUT2D eigenvalue weighted by Crippen LogP contribution is -2.20. The molecule has 1 fully saturated rings. The van der Waals surface area contributed by atoms with E-state index in [1.807, 2.05) is 36.6 Å². The van der Waals surface area contributed by atoms with Crippen molar-refractivity contribution in [2.45, 2.75) is 36.7 Å². The fraction of sp³-hybridized carbons (Fsp3) is 0.292. The third-order valence-corrected chi connectivity index (χ3v) is 7.71. The number of thioether (sulfide) groups is 1. The summed E-state index contributed by atoms with van der Waals surface area (Å²) in [5.74, 6) is 0.541. The maximum absolute atomic E-state index is 12.6. The summed E-state index contributed by atoms with van der Waals surface area (Å²) < 4.78 is 31.1. The van der Waals surface area contributed by atoms with Crippen molar-refractivity contribution in [1.29, 1.82) is 0 Å². The van der Waals surface area contributed by atoms with Crippen LogP contribution in [0.4, 0.5) is 5.69 Å². The lowest BCUT2D eigenvalue weighted by molar-refractivity contribution is -0.113. The second kappa shape index (κ2) is 10.0. The van der Waals surface area contributed by atoms with Gasteiger partial charge in [-0.1, -0.05) is 17.8 Å². The van der Waals surface area contributed by atoms with Crippen LogP contribution in [0.2, 0.25) is 0 Å². The first-order valence-electron chi connectivity index (χ1n) is 10.9. The van der Waals surface area contributed by atoms with Gasteiger partial charge in [-0.2, -0.15) is 8.42 Å². The van der Waals surface area contributed by atoms with Gasteiger partial charge >= 0.3 is 0 Å². The fourth-order valence-corrected chi connectivity index (χ4v) is 5.69. The van der Waals surface area contributed by atoms with Crippen molar-refractivity contribution in [3.05, 3.63) is 66.0 Å². The first kappa shape index (κ1) is 24.0. The van der Waals surface area contributed by atoms with Gasteiger partial charge in [-0.25, -0.2) is 4.98 Å². The molecular formula is C24H27N5O3S2. The van der Waals surface area contributed by atoms with Crippen molar-refractivity contribution in [2.75, 3.05) is 24.7 Å². The van der Waals surface area contributed by atoms with Crippen molar-refractivity contribution in [2.24, 2.45) is 4.40 Å². The number of aryl methyl sites for hydroxylation is 2. The van der Waals surface area contributed by atoms with Gasteiger partial charge in [0.15, 0.2) is 5.16 Å². The number of imidazole rings is 1. The molecule has 0 bridgehead atoms. The van der Waals surface area contributed by atoms with E-state index in [2.05, 4.69) is 32.9 Å². The van der Waals surface area contributed by atoms with Crippen LogP contribution in [0.15, 0.2) is 69.3 Å². The molecule has 3 aromatic rings. The summed E-state index contributed by atoms with van der Waals surface area (Å²) in [6, 6.07) is 12.3. The molecule has 10 heteroatoms. The molecule has 2 heterocycles. The van der Waals surface area contributed by atoms with Crippen molar-refractivity contribution < 1.29 is 13.2 Å². The highest BCUT2D eigenvalue weighted by atomic mass is 32.2. The summed E-state index contributed by atoms with van der Waals surface area (Å²) in [5.41, 5.74) is 3.84. The highest BCUT2D eigenvalue weighted by Crippen LogP contribution is 2.23. The molecule has 0 spiro atoms. The topological polar surface area (TPSA) is 96.7 Å². The van der Waals surface area contributed by atoms with Gasteiger partial charge in [0.2, 0.25) is 5.91 Å². The molecule has 34 heavy (non-hydrogen) atoms. The van der Waals surface area contributed by atoms with E-state index < -0.39 is 10.0 Å². The largest absolute Gasteiger partial charge is 0.362 e. The second-order valence-corrected chi connectivity index (χ2v) is 10.8. The molecule has 2 aromatic carbocycles. The van der Waals surface area contributed by atoms with Crippen LogP contribution in [0.5, 0.6) is 0 Å². The van der Waals surface area contributed by atoms with Crippen molar-refractivity contribution >= 4 is 39.2 Å². The zero-order valence-corrected chi connectivity index (χ0v) is 21.0. The van der Waals surface area contributed by atoms with E-state index in [1.54, 1.807) is 18.3 Å². The van der Waals surface area contributed by atoms with E-state index in [-0.39, 0.29) is 16.6 Å². The van der Waals surface area contributed by atoms with Crippen LogP contribution < -0.4 is 5.32 Å². The second-order valence-electron chi connectivity index (χ2n) is 8.29. The Morgan fingerprint density at radius 1 is 1.15 bits per heavy atom. The zero-order chi connectivity index (χ0) is 24.3. The normalized spacial score (nSPS) is 15.1. The molecule has 1 N–H and O–H groups in total. The van der Waals surface area contributed by atoms with Gasteiger partial charge in [-0.05, 0) is 67.8 Å². The molecule has 178 valence electrons. The molecular weight excluding hydrogens is 470 g/mol. The summed E-state index contributed by atoms with van der Waals surface area (Å²) in [7, 11) is -1.94. The number of amidine groups is 1. The standard InChI is InChI=1S/C24H27N5O3S2/c1-17-13-18(2)15-20(14-17)29-12-10-25-24(29)33-16-23(30)26-19-6-8-21(9-7-19)34(31,32)27-22-5-4-11-28(22)3/h6-10,12-15H,4-5,11,16H2,1-3H3,(H,26,30)/b27-22+. The summed E-state index contributed by atoms with van der Waals surface area (Å²) in [4.78, 5) is 18.8. The van der Waals surface area contributed by atoms with E-state index in [0.29, 0.717) is 17.9 Å². The number of benzene rings is 2. The van der Waals surface area contributed by atoms with Gasteiger partial charge < -0.3 is 10.2 Å². The Kier molecular flexibility index (Phi) is 7.08. The third-order valence-electron chi connectivity index (χ3n) is 5.42. The lowest BCUT2D eigenvalue weighted by atomic mass is 10.1. The average molecular weight is 498 g/mol. The van der Waals surface area contributed by atoms with E-state index in [0.717, 1.165) is 34.9 Å². The number of nitrogens with one attached hydrogen (secondary N) is 1. The monoisotopic (exact) mass is 497 g/mol. The number of rotatable bonds is 7. The first-order chi connectivity index (χ1) is 16.2. The molecule has 1 aliphatic rings. The zero-order valence-electron chi connectivity index (χ0n) is 19.4. The molecule has 0 aliphatic carbocycles. The number of carbonyl (C=O) groups excluding carboxylic acids is 1. The summed E-state index contributed by atoms with van der Waals surface area (Å²) >= 11 is 1.33. The Hall–Kier alpha value is -3.11. The maximum atomic E-state index is 12.6. The van der Waals surface area contributed by atoms with Crippen molar-refractivity contribution in [3.63, 3.8) is 0 Å². The molecule has 0 saturated carbocycles. The van der Waals surface area contributed by atoms with Crippen LogP contribution in [0.1, 0.15) is 24.0 Å². The van der Waals surface area contributed by atoms with E-state index >= 15 is 0 Å². The molecule has 1 aromatic heterocycles. The maximum Gasteiger partial charge on any atom is 0.283 e. The van der Waals surface area contributed by atoms with Crippen LogP contribution >= 0.6 is 11.8 Å². The van der Waals surface area contributed by atoms with Crippen LogP contribution in [-0.2, 0) is 14.8 Å². The minimum absolute atomic E-state index is 0.100. The quantitative estimate of drug-likeness (QED) is 0.495. The van der Waals surface area contributed by atoms with Crippen LogP contribution in [0.3, 0.4) is 0 Å². The lowest BCUT2D eigenvalue weighted by Gasteiger charge is -2.11. The number of sulfonamides is 1. The summed E-state index contributed by atoms with van der Waals surface area (Å²) in [5, 5.41) is 3.52. The van der Waals surface area contributed by atoms with Gasteiger partial charge in [0.1, 0.15) is 5.84 Å². The van der Waals surface area contributed by atoms with Gasteiger partial charge in [-0.3, -0.25) is 9.36 Å². The number of hydrogen-bond acceptors (Lipinski definition) is 5. The van der Waals surface area contributed by atoms with Crippen LogP contribution in [0.25, 0.3) is 5.69 Å². The van der Waals surface area contributed by atoms with Crippen molar-refractivity contribution in [3.8, 4) is 5.69 Å². The number of hydrogen-bond donors (Lipinski definition) is 1. The Labute approximate surface area is 204 Å². The molecule has 0 radical (unpaired) electrons. The van der Waals surface area contributed by atoms with Gasteiger partial charge in [0.25, 0.3) is 10.0 Å². The third kappa shape index (κ3) is 5.68. The van der Waals surface area contributed by atoms with E-state index in [1.165, 1.54) is 23.9 Å². The van der Waals surface area contributed by atoms with Crippen LogP contribution in [0, 0.1) is 13.8 Å². The smallest absolute Gasteiger partial charge is 0.283 e. The molecule has 8 nitrogen and oxygen atoms in total. The first-order valence-corrected chi connectivity index (χ1v) is 13.3. The van der Waals surface area contributed by atoms with Gasteiger partial charge in [0, 0.05) is 43.8 Å². The fourth-order valence-electron chi connectivity index (χ4n) is 3.82. The number of nitrogens with zero attached hydrogens (tertiary/aromatic N) is 4. The molecule has 4 rings (SSSR count). The predicted octanol–water partition coefficient (Wildman–Crippen LogP) is 4.03. The highest BCUT2D eigenvalue weighted by Gasteiger charge is 2.20. The minimum atomic E-state index is -3.78. The Balaban J connectivity index is 1.38. The van der Waals surface area contributed by atoms with E-state index in [4.69, 9.17) is 0 Å². The van der Waals surface area contributed by atoms with Gasteiger partial charge in [0.05, 0.1) is 10.6 Å². The van der Waals surface area contributed by atoms with Crippen LogP contribution in [-0.4, -0.2) is 54.0 Å². The van der Waals surface area contributed by atoms with Gasteiger partial charge in [-0.15, -0.1) is 4.40 Å². The Morgan fingerprint density at radius 3 is 2.50 bits per heavy atom. The minimum Gasteiger partial charge on any atom is -0.362 e. The Bertz CT molecular complexity index is 1310. The number of amides is 1. The van der Waals surface area contributed by atoms with Crippen molar-refractivity contribution in [1.82, 2.24) is 14.5 Å². The summed E-state index contributed by atoms with van der Waals surface area (Å²) in [6.07, 6.45) is 5.14. The molecule has 0 atom stereocenters. The number of carbonyl (C=O) groups is 1. The number of likely N-dealkylation sites (tertiary alicyclic amines) is 1. The predicted molar refractivity (Wildman–Crippen MR) is 135 cm³/mol. The molecule has 0 unspecified atom stereocenters. The average Bonchev–Trinajstić information content (AvgIpc) is 3.41. The summed E-state index contributed by atoms with van der Waals surface area (Å²) in [6.45, 7) is 4.90. The highest BCUT2D eigenvalue weighted by molar-refractivity contribution is 7.99. The molecule has 1 amide bonds. The molecule has 1 saturated heterocycles. The Morgan fingerprint density at radius 2 is 1.85 bits per heavy atom. The number of aromatic nitrogens is 2. The SMILES string of the molecule is Cc1cc(C)cc(-n2ccnc2SCC(=O)Nc2ccc(S(=O)(=O)/N=C3\CCCN3C)cc2)c1. The van der Waals surface area contributed by atoms with E-state index in [9.17, 15) is 13.2 Å². The molecule has 1 aliphatic heterocycles.